The fourth-order valence-corrected chi connectivity index (χ4v) is 2.03. The number of halogens is 1. The van der Waals surface area contributed by atoms with E-state index in [-0.39, 0.29) is 16.7 Å². The SMILES string of the molecule is C=C(CC(C)(C)C)N(CC(C)(C)C)C(Br)=C(N)N. The van der Waals surface area contributed by atoms with Gasteiger partial charge in [0.25, 0.3) is 0 Å². The van der Waals surface area contributed by atoms with E-state index in [9.17, 15) is 0 Å². The molecule has 0 aliphatic heterocycles. The molecule has 18 heavy (non-hydrogen) atoms. The summed E-state index contributed by atoms with van der Waals surface area (Å²) >= 11 is 3.46. The normalized spacial score (nSPS) is 12.2. The lowest BCUT2D eigenvalue weighted by molar-refractivity contribution is 0.261. The Labute approximate surface area is 120 Å². The standard InChI is InChI=1S/C14H28BrN3/c1-10(8-13(2,3)4)18(9-14(5,6)7)11(15)12(16)17/h1,8-9,16-17H2,2-7H3. The quantitative estimate of drug-likeness (QED) is 0.777. The topological polar surface area (TPSA) is 55.3 Å². The van der Waals surface area contributed by atoms with Crippen LogP contribution in [0.5, 0.6) is 0 Å². The Balaban J connectivity index is 5.12. The molecule has 0 bridgehead atoms. The first-order chi connectivity index (χ1) is 7.83. The van der Waals surface area contributed by atoms with Gasteiger partial charge in [0.15, 0.2) is 0 Å². The van der Waals surface area contributed by atoms with Crippen LogP contribution in [0.1, 0.15) is 48.0 Å². The number of nitrogens with zero attached hydrogens (tertiary/aromatic N) is 1. The summed E-state index contributed by atoms with van der Waals surface area (Å²) in [4.78, 5) is 2.07. The van der Waals surface area contributed by atoms with Crippen molar-refractivity contribution in [2.45, 2.75) is 48.0 Å². The number of rotatable bonds is 4. The van der Waals surface area contributed by atoms with Crippen molar-refractivity contribution in [3.63, 3.8) is 0 Å². The van der Waals surface area contributed by atoms with E-state index in [0.717, 1.165) is 18.7 Å². The summed E-state index contributed by atoms with van der Waals surface area (Å²) in [6.45, 7) is 18.1. The highest BCUT2D eigenvalue weighted by Crippen LogP contribution is 2.31. The molecule has 0 spiro atoms. The zero-order chi connectivity index (χ0) is 14.7. The molecule has 0 heterocycles. The minimum absolute atomic E-state index is 0.134. The van der Waals surface area contributed by atoms with E-state index in [1.54, 1.807) is 0 Å². The van der Waals surface area contributed by atoms with Gasteiger partial charge < -0.3 is 16.4 Å². The zero-order valence-electron chi connectivity index (χ0n) is 12.6. The Kier molecular flexibility index (Phi) is 5.79. The van der Waals surface area contributed by atoms with E-state index >= 15 is 0 Å². The van der Waals surface area contributed by atoms with Crippen molar-refractivity contribution in [2.24, 2.45) is 22.3 Å². The first-order valence-corrected chi connectivity index (χ1v) is 6.99. The number of hydrogen-bond donors (Lipinski definition) is 2. The van der Waals surface area contributed by atoms with Crippen LogP contribution < -0.4 is 11.5 Å². The summed E-state index contributed by atoms with van der Waals surface area (Å²) < 4.78 is 0.715. The zero-order valence-corrected chi connectivity index (χ0v) is 14.2. The molecular formula is C14H28BrN3. The highest BCUT2D eigenvalue weighted by molar-refractivity contribution is 9.11. The van der Waals surface area contributed by atoms with E-state index in [4.69, 9.17) is 11.5 Å². The fraction of sp³-hybridized carbons (Fsp3) is 0.714. The Morgan fingerprint density at radius 1 is 1.06 bits per heavy atom. The third-order valence-electron chi connectivity index (χ3n) is 2.22. The van der Waals surface area contributed by atoms with Crippen LogP contribution >= 0.6 is 15.9 Å². The molecule has 0 aromatic rings. The Bertz CT molecular complexity index is 328. The van der Waals surface area contributed by atoms with E-state index in [2.05, 4.69) is 69.0 Å². The van der Waals surface area contributed by atoms with Crippen molar-refractivity contribution in [3.8, 4) is 0 Å². The Hall–Kier alpha value is -0.640. The minimum atomic E-state index is 0.134. The highest BCUT2D eigenvalue weighted by atomic mass is 79.9. The van der Waals surface area contributed by atoms with Gasteiger partial charge in [-0.2, -0.15) is 0 Å². The second-order valence-corrected chi connectivity index (χ2v) is 7.95. The first-order valence-electron chi connectivity index (χ1n) is 6.19. The molecule has 0 unspecified atom stereocenters. The monoisotopic (exact) mass is 317 g/mol. The second-order valence-electron chi connectivity index (χ2n) is 7.20. The van der Waals surface area contributed by atoms with Crippen LogP contribution in [0, 0.1) is 10.8 Å². The van der Waals surface area contributed by atoms with Crippen molar-refractivity contribution >= 4 is 15.9 Å². The molecule has 0 aliphatic carbocycles. The molecule has 0 atom stereocenters. The molecular weight excluding hydrogens is 290 g/mol. The Morgan fingerprint density at radius 2 is 1.50 bits per heavy atom. The van der Waals surface area contributed by atoms with Gasteiger partial charge in [0.05, 0.1) is 0 Å². The molecule has 0 aliphatic rings. The Morgan fingerprint density at radius 3 is 1.78 bits per heavy atom. The third-order valence-corrected chi connectivity index (χ3v) is 3.11. The van der Waals surface area contributed by atoms with Gasteiger partial charge in [-0.05, 0) is 33.2 Å². The van der Waals surface area contributed by atoms with Crippen molar-refractivity contribution in [1.29, 1.82) is 0 Å². The molecule has 0 aromatic carbocycles. The first kappa shape index (κ1) is 17.4. The van der Waals surface area contributed by atoms with Crippen molar-refractivity contribution < 1.29 is 0 Å². The summed E-state index contributed by atoms with van der Waals surface area (Å²) in [5.74, 6) is 0.286. The second kappa shape index (κ2) is 6.00. The molecule has 4 N–H and O–H groups in total. The molecule has 4 heteroatoms. The lowest BCUT2D eigenvalue weighted by Gasteiger charge is -2.35. The van der Waals surface area contributed by atoms with Crippen molar-refractivity contribution in [1.82, 2.24) is 4.90 Å². The molecule has 3 nitrogen and oxygen atoms in total. The number of allylic oxidation sites excluding steroid dienone is 1. The predicted octanol–water partition coefficient (Wildman–Crippen LogP) is 3.72. The maximum absolute atomic E-state index is 5.68. The van der Waals surface area contributed by atoms with Gasteiger partial charge in [-0.1, -0.05) is 48.1 Å². The number of hydrogen-bond acceptors (Lipinski definition) is 3. The van der Waals surface area contributed by atoms with Crippen molar-refractivity contribution in [3.05, 3.63) is 22.7 Å². The summed E-state index contributed by atoms with van der Waals surface area (Å²) in [7, 11) is 0. The largest absolute Gasteiger partial charge is 0.384 e. The van der Waals surface area contributed by atoms with Crippen LogP contribution in [0.2, 0.25) is 0 Å². The summed E-state index contributed by atoms with van der Waals surface area (Å²) in [6, 6.07) is 0. The maximum atomic E-state index is 5.68. The maximum Gasteiger partial charge on any atom is 0.125 e. The molecule has 0 saturated carbocycles. The smallest absolute Gasteiger partial charge is 0.125 e. The number of nitrogens with two attached hydrogens (primary N) is 2. The van der Waals surface area contributed by atoms with Crippen LogP contribution in [-0.4, -0.2) is 11.4 Å². The average Bonchev–Trinajstić information content (AvgIpc) is 2.08. The molecule has 106 valence electrons. The van der Waals surface area contributed by atoms with Crippen LogP contribution in [0.25, 0.3) is 0 Å². The fourth-order valence-electron chi connectivity index (χ4n) is 1.66. The lowest BCUT2D eigenvalue weighted by Crippen LogP contribution is -2.33. The van der Waals surface area contributed by atoms with E-state index < -0.39 is 0 Å². The lowest BCUT2D eigenvalue weighted by atomic mass is 9.89. The van der Waals surface area contributed by atoms with E-state index in [0.29, 0.717) is 4.61 Å². The van der Waals surface area contributed by atoms with Gasteiger partial charge in [0.1, 0.15) is 10.4 Å². The van der Waals surface area contributed by atoms with Crippen LogP contribution in [0.4, 0.5) is 0 Å². The van der Waals surface area contributed by atoms with Gasteiger partial charge in [-0.25, -0.2) is 0 Å². The summed E-state index contributed by atoms with van der Waals surface area (Å²) in [5, 5.41) is 0. The molecule has 0 amide bonds. The summed E-state index contributed by atoms with van der Waals surface area (Å²) in [6.07, 6.45) is 0.894. The van der Waals surface area contributed by atoms with Crippen molar-refractivity contribution in [2.75, 3.05) is 6.54 Å². The summed E-state index contributed by atoms with van der Waals surface area (Å²) in [5.41, 5.74) is 12.7. The average molecular weight is 318 g/mol. The molecule has 0 saturated heterocycles. The molecule has 0 rings (SSSR count). The van der Waals surface area contributed by atoms with Crippen LogP contribution in [0.15, 0.2) is 22.7 Å². The van der Waals surface area contributed by atoms with Gasteiger partial charge in [0.2, 0.25) is 0 Å². The van der Waals surface area contributed by atoms with Gasteiger partial charge in [0, 0.05) is 12.2 Å². The van der Waals surface area contributed by atoms with Gasteiger partial charge in [-0.15, -0.1) is 0 Å². The van der Waals surface area contributed by atoms with E-state index in [1.807, 2.05) is 0 Å². The predicted molar refractivity (Wildman–Crippen MR) is 83.7 cm³/mol. The van der Waals surface area contributed by atoms with E-state index in [1.165, 1.54) is 0 Å². The molecule has 0 fully saturated rings. The highest BCUT2D eigenvalue weighted by Gasteiger charge is 2.23. The van der Waals surface area contributed by atoms with Gasteiger partial charge >= 0.3 is 0 Å². The van der Waals surface area contributed by atoms with Crippen LogP contribution in [-0.2, 0) is 0 Å². The van der Waals surface area contributed by atoms with Crippen LogP contribution in [0.3, 0.4) is 0 Å². The minimum Gasteiger partial charge on any atom is -0.384 e. The molecule has 0 aromatic heterocycles. The third kappa shape index (κ3) is 6.94. The molecule has 0 radical (unpaired) electrons. The van der Waals surface area contributed by atoms with Gasteiger partial charge in [-0.3, -0.25) is 0 Å².